The van der Waals surface area contributed by atoms with E-state index in [0.29, 0.717) is 33.9 Å². The molecule has 1 atom stereocenters. The molecule has 1 unspecified atom stereocenters. The zero-order valence-corrected chi connectivity index (χ0v) is 21.3. The van der Waals surface area contributed by atoms with Gasteiger partial charge in [-0.3, -0.25) is 4.40 Å². The number of aromatic amines is 1. The average molecular weight is 625 g/mol. The van der Waals surface area contributed by atoms with E-state index in [1.807, 2.05) is 22.9 Å². The predicted molar refractivity (Wildman–Crippen MR) is 130 cm³/mol. The number of carboxylic acid groups (broad SMARTS) is 2. The van der Waals surface area contributed by atoms with E-state index in [4.69, 9.17) is 19.8 Å². The molecule has 4 aromatic heterocycles. The third-order valence-corrected chi connectivity index (χ3v) is 5.65. The second-order valence-electron chi connectivity index (χ2n) is 7.85. The quantitative estimate of drug-likeness (QED) is 0.191. The third kappa shape index (κ3) is 7.65. The summed E-state index contributed by atoms with van der Waals surface area (Å²) in [6.07, 6.45) is -5.36. The minimum Gasteiger partial charge on any atom is -0.475 e. The number of H-pyrrole nitrogens is 1. The molecule has 224 valence electrons. The molecular weight excluding hydrogens is 610 g/mol. The number of fused-ring (bicyclic) bond motifs is 2. The molecule has 20 heteroatoms. The van der Waals surface area contributed by atoms with Gasteiger partial charge in [0, 0.05) is 23.2 Å². The number of aromatic nitrogens is 6. The highest BCUT2D eigenvalue weighted by atomic mass is 32.1. The van der Waals surface area contributed by atoms with Crippen molar-refractivity contribution in [2.75, 3.05) is 5.32 Å². The number of carboxylic acids is 2. The number of nitrogens with one attached hydrogen (secondary N) is 2. The van der Waals surface area contributed by atoms with Gasteiger partial charge in [-0.05, 0) is 19.1 Å². The summed E-state index contributed by atoms with van der Waals surface area (Å²) in [6.45, 7) is 1.91. The van der Waals surface area contributed by atoms with Gasteiger partial charge in [0.1, 0.15) is 23.5 Å². The largest absolute Gasteiger partial charge is 0.490 e. The van der Waals surface area contributed by atoms with E-state index in [0.717, 1.165) is 11.0 Å². The van der Waals surface area contributed by atoms with Crippen LogP contribution in [0.5, 0.6) is 0 Å². The van der Waals surface area contributed by atoms with Crippen LogP contribution >= 0.6 is 11.3 Å². The highest BCUT2D eigenvalue weighted by Gasteiger charge is 2.38. The Morgan fingerprint density at radius 2 is 1.55 bits per heavy atom. The molecule has 5 rings (SSSR count). The Morgan fingerprint density at radius 1 is 0.976 bits per heavy atom. The molecule has 0 aliphatic carbocycles. The zero-order chi connectivity index (χ0) is 31.4. The lowest BCUT2D eigenvalue weighted by Gasteiger charge is -2.15. The van der Waals surface area contributed by atoms with Gasteiger partial charge in [0.05, 0.1) is 23.8 Å². The van der Waals surface area contributed by atoms with Crippen molar-refractivity contribution >= 4 is 45.2 Å². The number of hydrogen-bond donors (Lipinski definition) is 4. The number of hydrogen-bond acceptors (Lipinski definition) is 8. The summed E-state index contributed by atoms with van der Waals surface area (Å²) in [7, 11) is 0. The molecule has 0 radical (unpaired) electrons. The normalized spacial score (nSPS) is 12.2. The van der Waals surface area contributed by atoms with Crippen LogP contribution in [0, 0.1) is 11.6 Å². The van der Waals surface area contributed by atoms with E-state index in [-0.39, 0.29) is 6.04 Å². The first-order valence-electron chi connectivity index (χ1n) is 10.9. The van der Waals surface area contributed by atoms with Crippen LogP contribution in [-0.2, 0) is 9.59 Å². The topological polar surface area (TPSA) is 158 Å². The molecule has 4 N–H and O–H groups in total. The molecule has 0 saturated carbocycles. The van der Waals surface area contributed by atoms with E-state index >= 15 is 0 Å². The third-order valence-electron chi connectivity index (χ3n) is 4.89. The van der Waals surface area contributed by atoms with Crippen molar-refractivity contribution in [3.05, 3.63) is 59.8 Å². The molecule has 0 fully saturated rings. The minimum atomic E-state index is -5.08. The summed E-state index contributed by atoms with van der Waals surface area (Å²) < 4.78 is 93.0. The number of alkyl halides is 6. The molecule has 42 heavy (non-hydrogen) atoms. The van der Waals surface area contributed by atoms with Gasteiger partial charge >= 0.3 is 24.3 Å². The van der Waals surface area contributed by atoms with Gasteiger partial charge in [-0.2, -0.15) is 26.3 Å². The van der Waals surface area contributed by atoms with Gasteiger partial charge in [0.2, 0.25) is 0 Å². The minimum absolute atomic E-state index is 0.303. The van der Waals surface area contributed by atoms with E-state index in [2.05, 4.69) is 30.2 Å². The number of nitrogens with zero attached hydrogens (tertiary/aromatic N) is 5. The maximum absolute atomic E-state index is 13.9. The second-order valence-corrected chi connectivity index (χ2v) is 8.73. The fraction of sp³-hybridized carbons (Fsp3) is 0.182. The van der Waals surface area contributed by atoms with Gasteiger partial charge in [-0.15, -0.1) is 11.3 Å². The molecule has 0 aliphatic heterocycles. The van der Waals surface area contributed by atoms with E-state index in [9.17, 15) is 35.1 Å². The SMILES string of the molecule is CC(Nc1ncnc2[nH]cnc12)c1nc2sccn2c1-c1cc(F)cc(F)c1.O=C(O)C(F)(F)F.O=C(O)C(F)(F)F. The van der Waals surface area contributed by atoms with Crippen LogP contribution in [0.3, 0.4) is 0 Å². The molecule has 4 heterocycles. The fourth-order valence-corrected chi connectivity index (χ4v) is 3.95. The van der Waals surface area contributed by atoms with Gasteiger partial charge in [0.25, 0.3) is 0 Å². The average Bonchev–Trinajstić information content (AvgIpc) is 3.59. The van der Waals surface area contributed by atoms with Gasteiger partial charge in [-0.25, -0.2) is 38.3 Å². The maximum Gasteiger partial charge on any atom is 0.490 e. The molecule has 1 aromatic carbocycles. The van der Waals surface area contributed by atoms with Gasteiger partial charge in [0.15, 0.2) is 16.4 Å². The van der Waals surface area contributed by atoms with Crippen molar-refractivity contribution in [2.45, 2.75) is 25.3 Å². The van der Waals surface area contributed by atoms with Crippen molar-refractivity contribution in [1.82, 2.24) is 29.3 Å². The van der Waals surface area contributed by atoms with Crippen molar-refractivity contribution < 1.29 is 54.9 Å². The summed E-state index contributed by atoms with van der Waals surface area (Å²) in [6, 6.07) is 3.16. The van der Waals surface area contributed by atoms with Crippen LogP contribution in [0.2, 0.25) is 0 Å². The van der Waals surface area contributed by atoms with Crippen molar-refractivity contribution in [3.63, 3.8) is 0 Å². The van der Waals surface area contributed by atoms with Crippen LogP contribution in [0.1, 0.15) is 18.7 Å². The second kappa shape index (κ2) is 12.3. The van der Waals surface area contributed by atoms with Gasteiger partial charge in [-0.1, -0.05) is 0 Å². The lowest BCUT2D eigenvalue weighted by atomic mass is 10.1. The molecule has 11 nitrogen and oxygen atoms in total. The van der Waals surface area contributed by atoms with Crippen molar-refractivity contribution in [2.24, 2.45) is 0 Å². The first kappa shape index (κ1) is 31.6. The monoisotopic (exact) mass is 625 g/mol. The van der Waals surface area contributed by atoms with E-state index in [1.54, 1.807) is 6.33 Å². The molecule has 0 saturated heterocycles. The lowest BCUT2D eigenvalue weighted by Crippen LogP contribution is -2.21. The predicted octanol–water partition coefficient (Wildman–Crippen LogP) is 5.45. The van der Waals surface area contributed by atoms with Crippen molar-refractivity contribution in [1.29, 1.82) is 0 Å². The molecular formula is C22H15F8N7O4S. The summed E-state index contributed by atoms with van der Waals surface area (Å²) >= 11 is 1.45. The number of carbonyl (C=O) groups is 2. The summed E-state index contributed by atoms with van der Waals surface area (Å²) in [4.78, 5) is 38.8. The fourth-order valence-electron chi connectivity index (χ4n) is 3.23. The Labute approximate surface area is 231 Å². The number of imidazole rings is 2. The highest BCUT2D eigenvalue weighted by Crippen LogP contribution is 2.33. The molecule has 0 spiro atoms. The number of anilines is 1. The van der Waals surface area contributed by atoms with E-state index in [1.165, 1.54) is 29.8 Å². The van der Waals surface area contributed by atoms with Crippen LogP contribution < -0.4 is 5.32 Å². The van der Waals surface area contributed by atoms with Crippen molar-refractivity contribution in [3.8, 4) is 11.3 Å². The lowest BCUT2D eigenvalue weighted by molar-refractivity contribution is -0.193. The first-order chi connectivity index (χ1) is 19.5. The number of aliphatic carboxylic acids is 2. The summed E-state index contributed by atoms with van der Waals surface area (Å²) in [5.41, 5.74) is 2.91. The standard InChI is InChI=1S/C18H13F2N7S.2C2HF3O2/c1-9(25-17-14-16(22-7-21-14)23-8-24-17)13-15(27-2-3-28-18(27)26-13)10-4-11(19)6-12(20)5-10;2*3-2(4,5)1(6)7/h2-9H,1H3,(H2,21,22,23,24,25);2*(H,6,7). The first-order valence-corrected chi connectivity index (χ1v) is 11.8. The Bertz CT molecular complexity index is 1670. The van der Waals surface area contributed by atoms with Crippen LogP contribution in [0.4, 0.5) is 40.9 Å². The number of benzene rings is 1. The van der Waals surface area contributed by atoms with E-state index < -0.39 is 35.9 Å². The molecule has 0 bridgehead atoms. The molecule has 5 aromatic rings. The van der Waals surface area contributed by atoms with Crippen LogP contribution in [0.25, 0.3) is 27.4 Å². The number of thiazole rings is 1. The Morgan fingerprint density at radius 3 is 2.10 bits per heavy atom. The number of rotatable bonds is 4. The Kier molecular flexibility index (Phi) is 9.29. The summed E-state index contributed by atoms with van der Waals surface area (Å²) in [5, 5.41) is 19.4. The molecule has 0 amide bonds. The Balaban J connectivity index is 0.000000289. The molecule has 0 aliphatic rings. The smallest absolute Gasteiger partial charge is 0.475 e. The highest BCUT2D eigenvalue weighted by molar-refractivity contribution is 7.15. The van der Waals surface area contributed by atoms with Gasteiger partial charge < -0.3 is 20.5 Å². The van der Waals surface area contributed by atoms with Crippen LogP contribution in [-0.4, -0.2) is 63.8 Å². The summed E-state index contributed by atoms with van der Waals surface area (Å²) in [5.74, 6) is -6.24. The number of halogens is 8. The van der Waals surface area contributed by atoms with Crippen LogP contribution in [0.15, 0.2) is 42.4 Å². The zero-order valence-electron chi connectivity index (χ0n) is 20.5. The Hall–Kier alpha value is -4.88. The maximum atomic E-state index is 13.9.